The summed E-state index contributed by atoms with van der Waals surface area (Å²) in [7, 11) is 0. The molecule has 1 unspecified atom stereocenters. The number of fused-ring (bicyclic) bond motifs is 1. The summed E-state index contributed by atoms with van der Waals surface area (Å²) in [6, 6.07) is 7.83. The molecule has 0 aliphatic carbocycles. The first-order valence-corrected chi connectivity index (χ1v) is 8.93. The third-order valence-electron chi connectivity index (χ3n) is 5.29. The fourth-order valence-corrected chi connectivity index (χ4v) is 3.92. The van der Waals surface area contributed by atoms with E-state index in [0.29, 0.717) is 25.4 Å². The Kier molecular flexibility index (Phi) is 4.21. The lowest BCUT2D eigenvalue weighted by atomic mass is 10.0. The summed E-state index contributed by atoms with van der Waals surface area (Å²) in [5.41, 5.74) is 1.63. The summed E-state index contributed by atoms with van der Waals surface area (Å²) in [6.07, 6.45) is 1.86. The van der Waals surface area contributed by atoms with Gasteiger partial charge < -0.3 is 19.5 Å². The predicted molar refractivity (Wildman–Crippen MR) is 94.5 cm³/mol. The molecule has 3 heterocycles. The minimum absolute atomic E-state index is 0.0685. The van der Waals surface area contributed by atoms with Crippen LogP contribution in [0.4, 0.5) is 0 Å². The number of likely N-dealkylation sites (tertiary alicyclic amines) is 1. The average molecular weight is 341 g/mol. The van der Waals surface area contributed by atoms with Crippen molar-refractivity contribution in [1.29, 1.82) is 0 Å². The van der Waals surface area contributed by atoms with Gasteiger partial charge in [0.15, 0.2) is 5.76 Å². The van der Waals surface area contributed by atoms with E-state index in [1.165, 1.54) is 0 Å². The second-order valence-electron chi connectivity index (χ2n) is 6.86. The maximum absolute atomic E-state index is 13.0. The molecule has 0 radical (unpaired) electrons. The monoisotopic (exact) mass is 341 g/mol. The standard InChI is InChI=1S/C19H23N3O3/c1-13-15-6-2-3-7-16(15)25-18(13)19(24)21-9-4-5-14(12-21)22-10-8-20-11-17(22)23/h2-3,6-7,14,20H,4-5,8-12H2,1H3. The molecule has 6 heteroatoms. The van der Waals surface area contributed by atoms with Crippen molar-refractivity contribution >= 4 is 22.8 Å². The Morgan fingerprint density at radius 2 is 2.12 bits per heavy atom. The highest BCUT2D eigenvalue weighted by atomic mass is 16.3. The van der Waals surface area contributed by atoms with Gasteiger partial charge in [-0.1, -0.05) is 18.2 Å². The summed E-state index contributed by atoms with van der Waals surface area (Å²) in [6.45, 7) is 5.16. The number of amides is 2. The molecule has 1 aromatic heterocycles. The van der Waals surface area contributed by atoms with Gasteiger partial charge in [0, 0.05) is 43.2 Å². The Labute approximate surface area is 146 Å². The normalized spacial score (nSPS) is 21.8. The van der Waals surface area contributed by atoms with Crippen LogP contribution in [0.25, 0.3) is 11.0 Å². The molecule has 0 saturated carbocycles. The third-order valence-corrected chi connectivity index (χ3v) is 5.29. The molecule has 25 heavy (non-hydrogen) atoms. The summed E-state index contributed by atoms with van der Waals surface area (Å²) in [5, 5.41) is 4.08. The Balaban J connectivity index is 1.55. The van der Waals surface area contributed by atoms with E-state index in [0.717, 1.165) is 42.5 Å². The van der Waals surface area contributed by atoms with Gasteiger partial charge in [-0.25, -0.2) is 0 Å². The van der Waals surface area contributed by atoms with Gasteiger partial charge in [0.05, 0.1) is 6.54 Å². The molecule has 0 bridgehead atoms. The molecule has 2 aliphatic heterocycles. The quantitative estimate of drug-likeness (QED) is 0.904. The van der Waals surface area contributed by atoms with Crippen LogP contribution in [0.15, 0.2) is 28.7 Å². The molecule has 2 fully saturated rings. The van der Waals surface area contributed by atoms with E-state index >= 15 is 0 Å². The number of nitrogens with one attached hydrogen (secondary N) is 1. The average Bonchev–Trinajstić information content (AvgIpc) is 2.99. The smallest absolute Gasteiger partial charge is 0.289 e. The van der Waals surface area contributed by atoms with Crippen LogP contribution in [0, 0.1) is 6.92 Å². The van der Waals surface area contributed by atoms with Gasteiger partial charge in [-0.05, 0) is 25.8 Å². The first kappa shape index (κ1) is 16.1. The van der Waals surface area contributed by atoms with E-state index in [-0.39, 0.29) is 17.9 Å². The lowest BCUT2D eigenvalue weighted by molar-refractivity contribution is -0.135. The fourth-order valence-electron chi connectivity index (χ4n) is 3.92. The number of hydrogen-bond acceptors (Lipinski definition) is 4. The second-order valence-corrected chi connectivity index (χ2v) is 6.86. The SMILES string of the molecule is Cc1c(C(=O)N2CCCC(N3CCNCC3=O)C2)oc2ccccc12. The lowest BCUT2D eigenvalue weighted by Crippen LogP contribution is -2.57. The number of furan rings is 1. The van der Waals surface area contributed by atoms with Crippen LogP contribution >= 0.6 is 0 Å². The van der Waals surface area contributed by atoms with Crippen molar-refractivity contribution in [2.75, 3.05) is 32.7 Å². The van der Waals surface area contributed by atoms with E-state index in [1.807, 2.05) is 41.0 Å². The molecular weight excluding hydrogens is 318 g/mol. The van der Waals surface area contributed by atoms with Crippen molar-refractivity contribution < 1.29 is 14.0 Å². The van der Waals surface area contributed by atoms with Gasteiger partial charge in [0.25, 0.3) is 5.91 Å². The van der Waals surface area contributed by atoms with Crippen molar-refractivity contribution in [3.8, 4) is 0 Å². The van der Waals surface area contributed by atoms with Crippen LogP contribution in [0.1, 0.15) is 29.0 Å². The van der Waals surface area contributed by atoms with Crippen LogP contribution < -0.4 is 5.32 Å². The zero-order chi connectivity index (χ0) is 17.4. The molecule has 2 aromatic rings. The topological polar surface area (TPSA) is 65.8 Å². The Hall–Kier alpha value is -2.34. The van der Waals surface area contributed by atoms with E-state index in [1.54, 1.807) is 0 Å². The number of rotatable bonds is 2. The van der Waals surface area contributed by atoms with Crippen molar-refractivity contribution in [3.05, 3.63) is 35.6 Å². The van der Waals surface area contributed by atoms with Crippen molar-refractivity contribution in [1.82, 2.24) is 15.1 Å². The van der Waals surface area contributed by atoms with Crippen LogP contribution in [0.2, 0.25) is 0 Å². The molecule has 1 N–H and O–H groups in total. The number of aryl methyl sites for hydroxylation is 1. The number of benzene rings is 1. The van der Waals surface area contributed by atoms with Gasteiger partial charge in [-0.2, -0.15) is 0 Å². The van der Waals surface area contributed by atoms with E-state index in [2.05, 4.69) is 5.32 Å². The van der Waals surface area contributed by atoms with Gasteiger partial charge in [0.1, 0.15) is 5.58 Å². The minimum atomic E-state index is -0.0685. The van der Waals surface area contributed by atoms with Crippen LogP contribution in [0.3, 0.4) is 0 Å². The number of nitrogens with zero attached hydrogens (tertiary/aromatic N) is 2. The highest BCUT2D eigenvalue weighted by molar-refractivity contribution is 5.99. The van der Waals surface area contributed by atoms with Crippen LogP contribution in [-0.2, 0) is 4.79 Å². The number of piperazine rings is 1. The first-order valence-electron chi connectivity index (χ1n) is 8.93. The number of para-hydroxylation sites is 1. The number of piperidine rings is 1. The van der Waals surface area contributed by atoms with Crippen molar-refractivity contribution in [2.24, 2.45) is 0 Å². The Bertz CT molecular complexity index is 813. The zero-order valence-electron chi connectivity index (χ0n) is 14.5. The lowest BCUT2D eigenvalue weighted by Gasteiger charge is -2.40. The summed E-state index contributed by atoms with van der Waals surface area (Å²) >= 11 is 0. The maximum atomic E-state index is 13.0. The second kappa shape index (κ2) is 6.52. The molecule has 132 valence electrons. The predicted octanol–water partition coefficient (Wildman–Crippen LogP) is 1.78. The molecule has 1 aromatic carbocycles. The Morgan fingerprint density at radius 1 is 1.28 bits per heavy atom. The van der Waals surface area contributed by atoms with Gasteiger partial charge in [-0.3, -0.25) is 9.59 Å². The molecule has 2 saturated heterocycles. The van der Waals surface area contributed by atoms with E-state index in [9.17, 15) is 9.59 Å². The molecule has 6 nitrogen and oxygen atoms in total. The summed E-state index contributed by atoms with van der Waals surface area (Å²) in [5.74, 6) is 0.486. The van der Waals surface area contributed by atoms with Gasteiger partial charge in [0.2, 0.25) is 5.91 Å². The highest BCUT2D eigenvalue weighted by Gasteiger charge is 2.33. The fraction of sp³-hybridized carbons (Fsp3) is 0.474. The molecule has 0 spiro atoms. The highest BCUT2D eigenvalue weighted by Crippen LogP contribution is 2.27. The van der Waals surface area contributed by atoms with Crippen LogP contribution in [-0.4, -0.2) is 60.4 Å². The van der Waals surface area contributed by atoms with Gasteiger partial charge in [-0.15, -0.1) is 0 Å². The molecular formula is C19H23N3O3. The third kappa shape index (κ3) is 2.91. The number of carbonyl (C=O) groups is 2. The minimum Gasteiger partial charge on any atom is -0.451 e. The zero-order valence-corrected chi connectivity index (χ0v) is 14.5. The van der Waals surface area contributed by atoms with E-state index < -0.39 is 0 Å². The molecule has 4 rings (SSSR count). The molecule has 2 amide bonds. The van der Waals surface area contributed by atoms with Gasteiger partial charge >= 0.3 is 0 Å². The number of hydrogen-bond donors (Lipinski definition) is 1. The summed E-state index contributed by atoms with van der Waals surface area (Å²) < 4.78 is 5.83. The summed E-state index contributed by atoms with van der Waals surface area (Å²) in [4.78, 5) is 28.9. The van der Waals surface area contributed by atoms with Crippen LogP contribution in [0.5, 0.6) is 0 Å². The van der Waals surface area contributed by atoms with Crippen molar-refractivity contribution in [2.45, 2.75) is 25.8 Å². The number of carbonyl (C=O) groups excluding carboxylic acids is 2. The molecule has 2 aliphatic rings. The van der Waals surface area contributed by atoms with E-state index in [4.69, 9.17) is 4.42 Å². The Morgan fingerprint density at radius 3 is 2.92 bits per heavy atom. The largest absolute Gasteiger partial charge is 0.451 e. The maximum Gasteiger partial charge on any atom is 0.289 e. The van der Waals surface area contributed by atoms with Crippen molar-refractivity contribution in [3.63, 3.8) is 0 Å². The molecule has 1 atom stereocenters. The first-order chi connectivity index (χ1) is 12.1.